The van der Waals surface area contributed by atoms with E-state index in [1.165, 1.54) is 4.68 Å². The lowest BCUT2D eigenvalue weighted by atomic mass is 10.0. The van der Waals surface area contributed by atoms with Gasteiger partial charge < -0.3 is 4.74 Å². The van der Waals surface area contributed by atoms with Crippen LogP contribution in [0.2, 0.25) is 0 Å². The van der Waals surface area contributed by atoms with Gasteiger partial charge in [-0.15, -0.1) is 5.10 Å². The van der Waals surface area contributed by atoms with Crippen molar-refractivity contribution >= 4 is 23.5 Å². The van der Waals surface area contributed by atoms with E-state index in [4.69, 9.17) is 4.74 Å². The number of esters is 1. The van der Waals surface area contributed by atoms with Gasteiger partial charge in [0.2, 0.25) is 5.78 Å². The Bertz CT molecular complexity index is 1040. The second-order valence-electron chi connectivity index (χ2n) is 6.40. The Balaban J connectivity index is 1.81. The van der Waals surface area contributed by atoms with Crippen molar-refractivity contribution in [2.75, 3.05) is 6.61 Å². The summed E-state index contributed by atoms with van der Waals surface area (Å²) >= 11 is 0. The van der Waals surface area contributed by atoms with Crippen LogP contribution in [0.3, 0.4) is 0 Å². The molecule has 0 aliphatic carbocycles. The summed E-state index contributed by atoms with van der Waals surface area (Å²) in [5.74, 6) is -0.518. The molecule has 0 aliphatic heterocycles. The summed E-state index contributed by atoms with van der Waals surface area (Å²) in [6.45, 7) is 5.12. The number of nitrogens with zero attached hydrogens (tertiary/aromatic N) is 4. The number of aromatic nitrogens is 4. The van der Waals surface area contributed by atoms with E-state index >= 15 is 0 Å². The number of hydrogen-bond acceptors (Lipinski definition) is 6. The molecule has 0 amide bonds. The van der Waals surface area contributed by atoms with Crippen LogP contribution in [0.15, 0.2) is 48.5 Å². The van der Waals surface area contributed by atoms with Crippen LogP contribution in [0.4, 0.5) is 0 Å². The van der Waals surface area contributed by atoms with Crippen molar-refractivity contribution in [2.45, 2.75) is 20.8 Å². The van der Waals surface area contributed by atoms with Crippen molar-refractivity contribution in [1.29, 1.82) is 0 Å². The van der Waals surface area contributed by atoms with Crippen molar-refractivity contribution < 1.29 is 14.3 Å². The summed E-state index contributed by atoms with van der Waals surface area (Å²) in [5.41, 5.74) is 3.35. The molecule has 0 spiro atoms. The van der Waals surface area contributed by atoms with E-state index < -0.39 is 5.97 Å². The Morgan fingerprint density at radius 3 is 2.46 bits per heavy atom. The van der Waals surface area contributed by atoms with Gasteiger partial charge in [-0.25, -0.2) is 4.79 Å². The van der Waals surface area contributed by atoms with Crippen LogP contribution in [0.1, 0.15) is 32.9 Å². The summed E-state index contributed by atoms with van der Waals surface area (Å²) in [4.78, 5) is 25.2. The largest absolute Gasteiger partial charge is 0.453 e. The molecule has 0 bridgehead atoms. The average Bonchev–Trinajstić information content (AvgIpc) is 3.10. The van der Waals surface area contributed by atoms with Gasteiger partial charge in [0, 0.05) is 5.56 Å². The first-order chi connectivity index (χ1) is 13.5. The van der Waals surface area contributed by atoms with Crippen molar-refractivity contribution in [3.63, 3.8) is 0 Å². The smallest absolute Gasteiger partial charge is 0.357 e. The van der Waals surface area contributed by atoms with Crippen LogP contribution < -0.4 is 0 Å². The molecule has 1 aromatic heterocycles. The van der Waals surface area contributed by atoms with E-state index in [1.54, 1.807) is 19.1 Å². The molecule has 7 nitrogen and oxygen atoms in total. The monoisotopic (exact) mass is 376 g/mol. The van der Waals surface area contributed by atoms with Crippen molar-refractivity contribution in [3.8, 4) is 0 Å². The first-order valence-electron chi connectivity index (χ1n) is 8.75. The van der Waals surface area contributed by atoms with Gasteiger partial charge in [-0.05, 0) is 48.4 Å². The SMILES string of the molecule is Cc1ccc(C(=O)COC(=O)/C(=C/c2ccccc2)n2nnnc2C)c(C)c1. The predicted molar refractivity (Wildman–Crippen MR) is 104 cm³/mol. The van der Waals surface area contributed by atoms with Gasteiger partial charge >= 0.3 is 5.97 Å². The lowest BCUT2D eigenvalue weighted by Gasteiger charge is -2.10. The van der Waals surface area contributed by atoms with E-state index in [-0.39, 0.29) is 18.1 Å². The van der Waals surface area contributed by atoms with E-state index in [9.17, 15) is 9.59 Å². The zero-order valence-electron chi connectivity index (χ0n) is 15.9. The number of ether oxygens (including phenoxy) is 1. The number of rotatable bonds is 6. The fourth-order valence-electron chi connectivity index (χ4n) is 2.78. The Labute approximate surface area is 162 Å². The Kier molecular flexibility index (Phi) is 5.74. The molecule has 2 aromatic carbocycles. The maximum absolute atomic E-state index is 12.7. The number of aryl methyl sites for hydroxylation is 3. The molecule has 142 valence electrons. The van der Waals surface area contributed by atoms with Gasteiger partial charge in [0.1, 0.15) is 0 Å². The van der Waals surface area contributed by atoms with Gasteiger partial charge in [-0.2, -0.15) is 4.68 Å². The quantitative estimate of drug-likeness (QED) is 0.373. The van der Waals surface area contributed by atoms with Crippen LogP contribution in [0, 0.1) is 20.8 Å². The van der Waals surface area contributed by atoms with Gasteiger partial charge in [0.25, 0.3) is 0 Å². The third kappa shape index (κ3) is 4.37. The molecule has 3 aromatic rings. The highest BCUT2D eigenvalue weighted by atomic mass is 16.5. The molecule has 0 atom stereocenters. The minimum absolute atomic E-state index is 0.127. The standard InChI is InChI=1S/C21H20N4O3/c1-14-9-10-18(15(2)11-14)20(26)13-28-21(27)19(25-16(3)22-23-24-25)12-17-7-5-4-6-8-17/h4-12H,13H2,1-3H3/b19-12-. The Hall–Kier alpha value is -3.61. The van der Waals surface area contributed by atoms with E-state index in [2.05, 4.69) is 15.5 Å². The van der Waals surface area contributed by atoms with E-state index in [0.717, 1.165) is 16.7 Å². The molecule has 0 N–H and O–H groups in total. The molecule has 1 heterocycles. The minimum atomic E-state index is -0.683. The number of carbonyl (C=O) groups excluding carboxylic acids is 2. The molecule has 0 radical (unpaired) electrons. The predicted octanol–water partition coefficient (Wildman–Crippen LogP) is 3.02. The first-order valence-corrected chi connectivity index (χ1v) is 8.75. The van der Waals surface area contributed by atoms with Gasteiger partial charge in [0.15, 0.2) is 18.1 Å². The van der Waals surface area contributed by atoms with Crippen LogP contribution in [-0.4, -0.2) is 38.6 Å². The molecular formula is C21H20N4O3. The van der Waals surface area contributed by atoms with Gasteiger partial charge in [-0.3, -0.25) is 4.79 Å². The molecule has 0 saturated carbocycles. The highest BCUT2D eigenvalue weighted by Gasteiger charge is 2.20. The summed E-state index contributed by atoms with van der Waals surface area (Å²) in [6.07, 6.45) is 1.62. The van der Waals surface area contributed by atoms with Crippen LogP contribution >= 0.6 is 0 Å². The molecule has 28 heavy (non-hydrogen) atoms. The van der Waals surface area contributed by atoms with Gasteiger partial charge in [-0.1, -0.05) is 54.1 Å². The van der Waals surface area contributed by atoms with Crippen molar-refractivity contribution in [3.05, 3.63) is 76.6 Å². The molecular weight excluding hydrogens is 356 g/mol. The summed E-state index contributed by atoms with van der Waals surface area (Å²) < 4.78 is 6.57. The van der Waals surface area contributed by atoms with Crippen LogP contribution in [0.25, 0.3) is 11.8 Å². The number of tetrazole rings is 1. The second kappa shape index (κ2) is 8.39. The molecule has 0 fully saturated rings. The van der Waals surface area contributed by atoms with Crippen molar-refractivity contribution in [2.24, 2.45) is 0 Å². The maximum Gasteiger partial charge on any atom is 0.357 e. The zero-order chi connectivity index (χ0) is 20.1. The molecule has 3 rings (SSSR count). The first kappa shape index (κ1) is 19.2. The van der Waals surface area contributed by atoms with Crippen LogP contribution in [0.5, 0.6) is 0 Å². The Morgan fingerprint density at radius 2 is 1.82 bits per heavy atom. The highest BCUT2D eigenvalue weighted by Crippen LogP contribution is 2.15. The molecule has 0 unspecified atom stereocenters. The van der Waals surface area contributed by atoms with E-state index in [1.807, 2.05) is 56.3 Å². The third-order valence-electron chi connectivity index (χ3n) is 4.18. The molecule has 0 aliphatic rings. The van der Waals surface area contributed by atoms with Gasteiger partial charge in [0.05, 0.1) is 0 Å². The average molecular weight is 376 g/mol. The number of Topliss-reactive ketones (excluding diaryl/α,β-unsaturated/α-hetero) is 1. The lowest BCUT2D eigenvalue weighted by Crippen LogP contribution is -2.19. The summed E-state index contributed by atoms with van der Waals surface area (Å²) in [6, 6.07) is 14.8. The topological polar surface area (TPSA) is 87.0 Å². The summed E-state index contributed by atoms with van der Waals surface area (Å²) in [5, 5.41) is 11.2. The third-order valence-corrected chi connectivity index (χ3v) is 4.18. The van der Waals surface area contributed by atoms with Crippen LogP contribution in [-0.2, 0) is 9.53 Å². The maximum atomic E-state index is 12.7. The molecule has 0 saturated heterocycles. The lowest BCUT2D eigenvalue weighted by molar-refractivity contribution is -0.136. The van der Waals surface area contributed by atoms with Crippen molar-refractivity contribution in [1.82, 2.24) is 20.2 Å². The fraction of sp³-hybridized carbons (Fsp3) is 0.190. The molecule has 7 heteroatoms. The Morgan fingerprint density at radius 1 is 1.07 bits per heavy atom. The number of carbonyl (C=O) groups is 2. The normalized spacial score (nSPS) is 11.3. The van der Waals surface area contributed by atoms with E-state index in [0.29, 0.717) is 11.4 Å². The number of hydrogen-bond donors (Lipinski definition) is 0. The second-order valence-corrected chi connectivity index (χ2v) is 6.40. The zero-order valence-corrected chi connectivity index (χ0v) is 15.9. The number of benzene rings is 2. The summed E-state index contributed by atoms with van der Waals surface area (Å²) in [7, 11) is 0. The minimum Gasteiger partial charge on any atom is -0.453 e. The highest BCUT2D eigenvalue weighted by molar-refractivity contribution is 6.16. The fourth-order valence-corrected chi connectivity index (χ4v) is 2.78. The number of ketones is 1.